The van der Waals surface area contributed by atoms with Gasteiger partial charge in [-0.3, -0.25) is 9.59 Å². The van der Waals surface area contributed by atoms with E-state index < -0.39 is 0 Å². The molecule has 3 N–H and O–H groups in total. The summed E-state index contributed by atoms with van der Waals surface area (Å²) in [5, 5.41) is 4.40. The topological polar surface area (TPSA) is 99.0 Å². The van der Waals surface area contributed by atoms with E-state index in [9.17, 15) is 14.4 Å². The van der Waals surface area contributed by atoms with E-state index in [1.807, 2.05) is 43.3 Å². The fraction of sp³-hybridized carbons (Fsp3) is 0.719. The molecule has 4 rings (SSSR count). The van der Waals surface area contributed by atoms with Crippen LogP contribution in [0.5, 0.6) is 0 Å². The first-order chi connectivity index (χ1) is 19.6. The minimum Gasteiger partial charge on any atom is -0.370 e. The van der Waals surface area contributed by atoms with Gasteiger partial charge in [0.25, 0.3) is 0 Å². The van der Waals surface area contributed by atoms with Gasteiger partial charge in [-0.1, -0.05) is 49.9 Å². The number of likely N-dealkylation sites (tertiary alicyclic amines) is 1. The number of nitrogens with two attached hydrogens (primary N) is 1. The number of benzene rings is 1. The van der Waals surface area contributed by atoms with Crippen LogP contribution in [0.25, 0.3) is 0 Å². The molecule has 8 nitrogen and oxygen atoms in total. The molecule has 0 radical (unpaired) electrons. The zero-order chi connectivity index (χ0) is 29.5. The highest BCUT2D eigenvalue weighted by molar-refractivity contribution is 6.30. The van der Waals surface area contributed by atoms with Crippen LogP contribution in [-0.2, 0) is 16.0 Å². The molecule has 3 aliphatic rings. The quantitative estimate of drug-likeness (QED) is 0.432. The minimum atomic E-state index is -0.338. The molecule has 0 bridgehead atoms. The molecule has 4 amide bonds. The second kappa shape index (κ2) is 14.7. The zero-order valence-electron chi connectivity index (χ0n) is 25.2. The number of urea groups is 1. The number of nitrogens with zero attached hydrogens (tertiary/aromatic N) is 3. The number of hydrogen-bond acceptors (Lipinski definition) is 4. The summed E-state index contributed by atoms with van der Waals surface area (Å²) in [6.45, 7) is 3.50. The van der Waals surface area contributed by atoms with E-state index in [2.05, 4.69) is 17.1 Å². The Balaban J connectivity index is 1.44. The Hall–Kier alpha value is -2.32. The molecule has 1 aromatic rings. The molecule has 1 heterocycles. The third-order valence-corrected chi connectivity index (χ3v) is 9.78. The Kier molecular flexibility index (Phi) is 11.4. The van der Waals surface area contributed by atoms with Gasteiger partial charge in [-0.2, -0.15) is 0 Å². The van der Waals surface area contributed by atoms with Gasteiger partial charge in [0.2, 0.25) is 11.8 Å². The van der Waals surface area contributed by atoms with Crippen molar-refractivity contribution in [1.29, 1.82) is 0 Å². The highest BCUT2D eigenvalue weighted by Crippen LogP contribution is 2.32. The van der Waals surface area contributed by atoms with Crippen molar-refractivity contribution in [3.8, 4) is 0 Å². The maximum Gasteiger partial charge on any atom is 0.319 e. The van der Waals surface area contributed by atoms with Crippen molar-refractivity contribution in [2.75, 3.05) is 27.2 Å². The van der Waals surface area contributed by atoms with E-state index in [1.165, 1.54) is 19.3 Å². The minimum absolute atomic E-state index is 0.0998. The summed E-state index contributed by atoms with van der Waals surface area (Å²) in [6.07, 6.45) is 11.3. The lowest BCUT2D eigenvalue weighted by molar-refractivity contribution is -0.136. The van der Waals surface area contributed by atoms with Crippen LogP contribution in [0, 0.1) is 11.8 Å². The second-order valence-corrected chi connectivity index (χ2v) is 13.4. The largest absolute Gasteiger partial charge is 0.370 e. The Morgan fingerprint density at radius 3 is 2.24 bits per heavy atom. The van der Waals surface area contributed by atoms with Gasteiger partial charge >= 0.3 is 6.03 Å². The van der Waals surface area contributed by atoms with Crippen LogP contribution < -0.4 is 11.1 Å². The maximum absolute atomic E-state index is 14.1. The SMILES string of the molecule is C[C@H]1CN(C(=O)[C@@H](Cc2ccc(Cl)cc2)NC2CCC(CC(N)=O)CC2)CC[C@@H]1N(C(=O)N(C)C)C1CCCCC1. The highest BCUT2D eigenvalue weighted by Gasteiger charge is 2.40. The lowest BCUT2D eigenvalue weighted by atomic mass is 9.83. The van der Waals surface area contributed by atoms with Gasteiger partial charge in [0.05, 0.1) is 6.04 Å². The second-order valence-electron chi connectivity index (χ2n) is 12.9. The molecule has 1 saturated heterocycles. The number of hydrogen-bond donors (Lipinski definition) is 2. The average molecular weight is 588 g/mol. The number of primary amides is 1. The van der Waals surface area contributed by atoms with Crippen molar-refractivity contribution in [2.45, 2.75) is 108 Å². The van der Waals surface area contributed by atoms with Gasteiger partial charge in [-0.15, -0.1) is 0 Å². The predicted molar refractivity (Wildman–Crippen MR) is 164 cm³/mol. The summed E-state index contributed by atoms with van der Waals surface area (Å²) < 4.78 is 0. The van der Waals surface area contributed by atoms with Crippen LogP contribution in [0.4, 0.5) is 4.79 Å². The molecule has 1 aliphatic heterocycles. The summed E-state index contributed by atoms with van der Waals surface area (Å²) in [7, 11) is 3.69. The van der Waals surface area contributed by atoms with Crippen molar-refractivity contribution < 1.29 is 14.4 Å². The van der Waals surface area contributed by atoms with Crippen molar-refractivity contribution in [3.63, 3.8) is 0 Å². The third-order valence-electron chi connectivity index (χ3n) is 9.53. The first kappa shape index (κ1) is 31.6. The fourth-order valence-corrected chi connectivity index (χ4v) is 7.43. The monoisotopic (exact) mass is 587 g/mol. The van der Waals surface area contributed by atoms with E-state index in [0.29, 0.717) is 36.9 Å². The van der Waals surface area contributed by atoms with Crippen molar-refractivity contribution in [2.24, 2.45) is 17.6 Å². The van der Waals surface area contributed by atoms with E-state index in [4.69, 9.17) is 17.3 Å². The molecule has 228 valence electrons. The van der Waals surface area contributed by atoms with Crippen LogP contribution in [0.1, 0.15) is 83.1 Å². The lowest BCUT2D eigenvalue weighted by Crippen LogP contribution is -2.60. The molecule has 0 aromatic heterocycles. The summed E-state index contributed by atoms with van der Waals surface area (Å²) in [4.78, 5) is 44.8. The van der Waals surface area contributed by atoms with Gasteiger partial charge in [0.15, 0.2) is 0 Å². The van der Waals surface area contributed by atoms with Gasteiger partial charge in [0.1, 0.15) is 0 Å². The number of nitrogens with one attached hydrogen (secondary N) is 1. The third kappa shape index (κ3) is 8.60. The van der Waals surface area contributed by atoms with Crippen LogP contribution in [0.15, 0.2) is 24.3 Å². The van der Waals surface area contributed by atoms with Crippen molar-refractivity contribution in [1.82, 2.24) is 20.0 Å². The van der Waals surface area contributed by atoms with E-state index in [1.54, 1.807) is 4.90 Å². The Morgan fingerprint density at radius 2 is 1.66 bits per heavy atom. The number of carbonyl (C=O) groups is 3. The molecule has 2 aliphatic carbocycles. The normalized spacial score (nSPS) is 26.3. The summed E-state index contributed by atoms with van der Waals surface area (Å²) >= 11 is 6.14. The van der Waals surface area contributed by atoms with E-state index in [0.717, 1.165) is 50.5 Å². The molecule has 9 heteroatoms. The number of rotatable bonds is 9. The first-order valence-electron chi connectivity index (χ1n) is 15.7. The van der Waals surface area contributed by atoms with Gasteiger partial charge < -0.3 is 25.8 Å². The Labute approximate surface area is 251 Å². The molecule has 3 atom stereocenters. The van der Waals surface area contributed by atoms with Gasteiger partial charge in [0, 0.05) is 56.8 Å². The van der Waals surface area contributed by atoms with Crippen LogP contribution in [0.2, 0.25) is 5.02 Å². The van der Waals surface area contributed by atoms with E-state index >= 15 is 0 Å². The molecule has 0 spiro atoms. The Morgan fingerprint density at radius 1 is 1.00 bits per heavy atom. The summed E-state index contributed by atoms with van der Waals surface area (Å²) in [5.74, 6) is 0.434. The Bertz CT molecular complexity index is 1020. The number of piperidine rings is 1. The molecule has 0 unspecified atom stereocenters. The zero-order valence-corrected chi connectivity index (χ0v) is 26.0. The smallest absolute Gasteiger partial charge is 0.319 e. The number of carbonyl (C=O) groups excluding carboxylic acids is 3. The molecule has 3 fully saturated rings. The van der Waals surface area contributed by atoms with Crippen LogP contribution in [-0.4, -0.2) is 83.9 Å². The van der Waals surface area contributed by atoms with E-state index in [-0.39, 0.29) is 47.9 Å². The summed E-state index contributed by atoms with van der Waals surface area (Å²) in [5.41, 5.74) is 6.51. The van der Waals surface area contributed by atoms with Crippen LogP contribution in [0.3, 0.4) is 0 Å². The lowest BCUT2D eigenvalue weighted by Gasteiger charge is -2.48. The molecule has 2 saturated carbocycles. The fourth-order valence-electron chi connectivity index (χ4n) is 7.30. The van der Waals surface area contributed by atoms with Crippen LogP contribution >= 0.6 is 11.6 Å². The molecular formula is C32H50ClN5O3. The molecule has 1 aromatic carbocycles. The van der Waals surface area contributed by atoms with Crippen molar-refractivity contribution >= 4 is 29.4 Å². The molecule has 41 heavy (non-hydrogen) atoms. The maximum atomic E-state index is 14.1. The van der Waals surface area contributed by atoms with Crippen molar-refractivity contribution in [3.05, 3.63) is 34.9 Å². The first-order valence-corrected chi connectivity index (χ1v) is 16.1. The molecular weight excluding hydrogens is 538 g/mol. The highest BCUT2D eigenvalue weighted by atomic mass is 35.5. The van der Waals surface area contributed by atoms with Gasteiger partial charge in [-0.05, 0) is 80.9 Å². The average Bonchev–Trinajstić information content (AvgIpc) is 2.95. The standard InChI is InChI=1S/C32H50ClN5O3/c1-22-21-37(18-17-29(22)38(32(41)36(2)3)27-7-5-4-6-8-27)31(40)28(19-23-9-13-25(33)14-10-23)35-26-15-11-24(12-16-26)20-30(34)39/h9-10,13-14,22,24,26-29,35H,4-8,11-12,15-21H2,1-3H3,(H2,34,39)/t22-,24?,26?,28+,29-/m0/s1. The van der Waals surface area contributed by atoms with Gasteiger partial charge in [-0.25, -0.2) is 4.79 Å². The number of halogens is 1. The predicted octanol–water partition coefficient (Wildman–Crippen LogP) is 4.83. The summed E-state index contributed by atoms with van der Waals surface area (Å²) in [6, 6.07) is 8.17. The number of amides is 4.